The second-order valence-electron chi connectivity index (χ2n) is 5.41. The lowest BCUT2D eigenvalue weighted by Gasteiger charge is -2.08. The summed E-state index contributed by atoms with van der Waals surface area (Å²) in [6.07, 6.45) is 2.03. The van der Waals surface area contributed by atoms with Crippen molar-refractivity contribution in [2.24, 2.45) is 0 Å². The first kappa shape index (κ1) is 15.8. The third kappa shape index (κ3) is 4.03. The average Bonchev–Trinajstić information content (AvgIpc) is 3.35. The maximum atomic E-state index is 12.3. The molecule has 118 valence electrons. The monoisotopic (exact) mass is 348 g/mol. The van der Waals surface area contributed by atoms with Crippen LogP contribution in [0.2, 0.25) is 10.0 Å². The molecule has 6 heteroatoms. The summed E-state index contributed by atoms with van der Waals surface area (Å²) in [5.41, 5.74) is 1.41. The van der Waals surface area contributed by atoms with Gasteiger partial charge in [-0.05, 0) is 49.2 Å². The molecule has 0 aromatic heterocycles. The first-order chi connectivity index (χ1) is 11.0. The second kappa shape index (κ2) is 6.60. The smallest absolute Gasteiger partial charge is 0.255 e. The number of carbonyl (C=O) groups is 2. The van der Waals surface area contributed by atoms with Crippen LogP contribution in [-0.4, -0.2) is 17.9 Å². The highest BCUT2D eigenvalue weighted by Crippen LogP contribution is 2.25. The summed E-state index contributed by atoms with van der Waals surface area (Å²) in [6.45, 7) is 0. The normalized spacial score (nSPS) is 13.5. The van der Waals surface area contributed by atoms with Gasteiger partial charge in [-0.2, -0.15) is 0 Å². The number of benzene rings is 2. The van der Waals surface area contributed by atoms with Crippen LogP contribution < -0.4 is 10.6 Å². The number of halogens is 2. The van der Waals surface area contributed by atoms with Crippen molar-refractivity contribution < 1.29 is 9.59 Å². The predicted molar refractivity (Wildman–Crippen MR) is 91.3 cm³/mol. The lowest BCUT2D eigenvalue weighted by Crippen LogP contribution is -2.25. The van der Waals surface area contributed by atoms with Crippen molar-refractivity contribution in [3.63, 3.8) is 0 Å². The maximum Gasteiger partial charge on any atom is 0.255 e. The summed E-state index contributed by atoms with van der Waals surface area (Å²) in [5.74, 6) is -0.471. The van der Waals surface area contributed by atoms with Crippen LogP contribution in [0.4, 0.5) is 5.69 Å². The summed E-state index contributed by atoms with van der Waals surface area (Å²) in [6, 6.07) is 11.7. The topological polar surface area (TPSA) is 58.2 Å². The number of carbonyl (C=O) groups excluding carboxylic acids is 2. The molecular formula is C17H14Cl2N2O2. The van der Waals surface area contributed by atoms with Crippen molar-refractivity contribution in [2.45, 2.75) is 18.9 Å². The summed E-state index contributed by atoms with van der Waals surface area (Å²) in [5, 5.41) is 6.41. The molecule has 2 N–H and O–H groups in total. The molecule has 0 atom stereocenters. The third-order valence-electron chi connectivity index (χ3n) is 3.48. The molecule has 0 aliphatic heterocycles. The predicted octanol–water partition coefficient (Wildman–Crippen LogP) is 4.14. The molecule has 1 fully saturated rings. The van der Waals surface area contributed by atoms with Crippen LogP contribution in [0.15, 0.2) is 42.5 Å². The highest BCUT2D eigenvalue weighted by atomic mass is 35.5. The molecule has 1 aliphatic carbocycles. The van der Waals surface area contributed by atoms with Crippen LogP contribution in [0.1, 0.15) is 33.6 Å². The van der Waals surface area contributed by atoms with Crippen LogP contribution in [0.3, 0.4) is 0 Å². The number of amides is 2. The highest BCUT2D eigenvalue weighted by Gasteiger charge is 2.24. The third-order valence-corrected chi connectivity index (χ3v) is 4.22. The number of nitrogens with one attached hydrogen (secondary N) is 2. The van der Waals surface area contributed by atoms with E-state index < -0.39 is 0 Å². The SMILES string of the molecule is O=C(Nc1ccc(Cl)c(Cl)c1)c1cccc(C(=O)NC2CC2)c1. The Hall–Kier alpha value is -2.04. The van der Waals surface area contributed by atoms with E-state index in [1.165, 1.54) is 0 Å². The van der Waals surface area contributed by atoms with Gasteiger partial charge in [0.2, 0.25) is 0 Å². The zero-order chi connectivity index (χ0) is 16.4. The molecule has 1 saturated carbocycles. The summed E-state index contributed by atoms with van der Waals surface area (Å²) in [7, 11) is 0. The van der Waals surface area contributed by atoms with Crippen LogP contribution in [0.5, 0.6) is 0 Å². The van der Waals surface area contributed by atoms with Gasteiger partial charge in [0.25, 0.3) is 11.8 Å². The second-order valence-corrected chi connectivity index (χ2v) is 6.23. The molecule has 0 bridgehead atoms. The van der Waals surface area contributed by atoms with Gasteiger partial charge in [-0.3, -0.25) is 9.59 Å². The maximum absolute atomic E-state index is 12.3. The molecule has 2 amide bonds. The van der Waals surface area contributed by atoms with Gasteiger partial charge in [-0.1, -0.05) is 29.3 Å². The fourth-order valence-corrected chi connectivity index (χ4v) is 2.37. The Balaban J connectivity index is 1.73. The van der Waals surface area contributed by atoms with Crippen molar-refractivity contribution in [1.82, 2.24) is 5.32 Å². The molecule has 2 aromatic carbocycles. The Morgan fingerprint density at radius 2 is 1.61 bits per heavy atom. The molecule has 3 rings (SSSR count). The molecule has 0 spiro atoms. The highest BCUT2D eigenvalue weighted by molar-refractivity contribution is 6.42. The van der Waals surface area contributed by atoms with Crippen molar-refractivity contribution in [3.8, 4) is 0 Å². The van der Waals surface area contributed by atoms with Gasteiger partial charge in [0, 0.05) is 22.9 Å². The quantitative estimate of drug-likeness (QED) is 0.872. The molecule has 0 saturated heterocycles. The fourth-order valence-electron chi connectivity index (χ4n) is 2.08. The molecule has 0 radical (unpaired) electrons. The summed E-state index contributed by atoms with van der Waals surface area (Å²) >= 11 is 11.8. The van der Waals surface area contributed by atoms with Gasteiger partial charge in [0.05, 0.1) is 10.0 Å². The van der Waals surface area contributed by atoms with E-state index in [9.17, 15) is 9.59 Å². The Morgan fingerprint density at radius 1 is 0.913 bits per heavy atom. The van der Waals surface area contributed by atoms with Gasteiger partial charge in [0.15, 0.2) is 0 Å². The van der Waals surface area contributed by atoms with E-state index in [4.69, 9.17) is 23.2 Å². The van der Waals surface area contributed by atoms with E-state index in [2.05, 4.69) is 10.6 Å². The van der Waals surface area contributed by atoms with Crippen molar-refractivity contribution in [2.75, 3.05) is 5.32 Å². The lowest BCUT2D eigenvalue weighted by molar-refractivity contribution is 0.0951. The molecular weight excluding hydrogens is 335 g/mol. The van der Waals surface area contributed by atoms with Crippen LogP contribution in [0.25, 0.3) is 0 Å². The number of hydrogen-bond donors (Lipinski definition) is 2. The zero-order valence-electron chi connectivity index (χ0n) is 12.1. The van der Waals surface area contributed by atoms with E-state index >= 15 is 0 Å². The first-order valence-electron chi connectivity index (χ1n) is 7.20. The van der Waals surface area contributed by atoms with Gasteiger partial charge in [0.1, 0.15) is 0 Å². The molecule has 1 aliphatic rings. The largest absolute Gasteiger partial charge is 0.349 e. The van der Waals surface area contributed by atoms with E-state index in [0.717, 1.165) is 12.8 Å². The minimum atomic E-state index is -0.315. The Kier molecular flexibility index (Phi) is 4.55. The van der Waals surface area contributed by atoms with Crippen LogP contribution >= 0.6 is 23.2 Å². The van der Waals surface area contributed by atoms with Gasteiger partial charge >= 0.3 is 0 Å². The van der Waals surface area contributed by atoms with Crippen molar-refractivity contribution in [1.29, 1.82) is 0 Å². The van der Waals surface area contributed by atoms with E-state index in [0.29, 0.717) is 26.9 Å². The van der Waals surface area contributed by atoms with E-state index in [-0.39, 0.29) is 17.9 Å². The Bertz CT molecular complexity index is 773. The minimum absolute atomic E-state index is 0.156. The van der Waals surface area contributed by atoms with E-state index in [1.54, 1.807) is 42.5 Å². The summed E-state index contributed by atoms with van der Waals surface area (Å²) < 4.78 is 0. The fraction of sp³-hybridized carbons (Fsp3) is 0.176. The lowest BCUT2D eigenvalue weighted by atomic mass is 10.1. The van der Waals surface area contributed by atoms with E-state index in [1.807, 2.05) is 0 Å². The van der Waals surface area contributed by atoms with Gasteiger partial charge in [-0.15, -0.1) is 0 Å². The summed E-state index contributed by atoms with van der Waals surface area (Å²) in [4.78, 5) is 24.3. The van der Waals surface area contributed by atoms with Crippen LogP contribution in [-0.2, 0) is 0 Å². The van der Waals surface area contributed by atoms with Gasteiger partial charge in [-0.25, -0.2) is 0 Å². The molecule has 4 nitrogen and oxygen atoms in total. The Morgan fingerprint density at radius 3 is 2.26 bits per heavy atom. The Labute approximate surface area is 143 Å². The minimum Gasteiger partial charge on any atom is -0.349 e. The van der Waals surface area contributed by atoms with Gasteiger partial charge < -0.3 is 10.6 Å². The number of hydrogen-bond acceptors (Lipinski definition) is 2. The van der Waals surface area contributed by atoms with Crippen molar-refractivity contribution >= 4 is 40.7 Å². The molecule has 0 heterocycles. The average molecular weight is 349 g/mol. The molecule has 0 unspecified atom stereocenters. The number of rotatable bonds is 4. The molecule has 2 aromatic rings. The molecule has 23 heavy (non-hydrogen) atoms. The number of anilines is 1. The van der Waals surface area contributed by atoms with Crippen molar-refractivity contribution in [3.05, 3.63) is 63.6 Å². The standard InChI is InChI=1S/C17H14Cl2N2O2/c18-14-7-6-13(9-15(14)19)21-17(23)11-3-1-2-10(8-11)16(22)20-12-4-5-12/h1-3,6-9,12H,4-5H2,(H,20,22)(H,21,23). The first-order valence-corrected chi connectivity index (χ1v) is 7.96. The van der Waals surface area contributed by atoms with Crippen LogP contribution in [0, 0.1) is 0 Å². The zero-order valence-corrected chi connectivity index (χ0v) is 13.6.